The van der Waals surface area contributed by atoms with Gasteiger partial charge in [-0.25, -0.2) is 0 Å². The van der Waals surface area contributed by atoms with Crippen molar-refractivity contribution in [2.24, 2.45) is 0 Å². The molecule has 2 nitrogen and oxygen atoms in total. The van der Waals surface area contributed by atoms with E-state index in [-0.39, 0.29) is 12.6 Å². The van der Waals surface area contributed by atoms with Crippen molar-refractivity contribution in [3.05, 3.63) is 0 Å². The van der Waals surface area contributed by atoms with Crippen LogP contribution in [0.25, 0.3) is 0 Å². The maximum Gasteiger partial charge on any atom is 0.306 e. The Morgan fingerprint density at radius 2 is 2.27 bits per heavy atom. The van der Waals surface area contributed by atoms with Gasteiger partial charge in [-0.05, 0) is 13.3 Å². The molecule has 0 saturated carbocycles. The summed E-state index contributed by atoms with van der Waals surface area (Å²) in [6, 6.07) is 0. The minimum Gasteiger partial charge on any atom is -0.452 e. The Balaban J connectivity index is 3.27. The second-order valence-electron chi connectivity index (χ2n) is 2.19. The van der Waals surface area contributed by atoms with E-state index in [0.29, 0.717) is 6.42 Å². The number of ether oxygens (including phenoxy) is 1. The fourth-order valence-corrected chi connectivity index (χ4v) is 0.582. The molecule has 0 radical (unpaired) electrons. The molecule has 0 aliphatic heterocycles. The summed E-state index contributed by atoms with van der Waals surface area (Å²) in [5.41, 5.74) is 0. The van der Waals surface area contributed by atoms with Gasteiger partial charge >= 0.3 is 5.97 Å². The molecule has 0 aliphatic rings. The van der Waals surface area contributed by atoms with Gasteiger partial charge in [0.05, 0.1) is 0 Å². The van der Waals surface area contributed by atoms with Crippen molar-refractivity contribution in [1.82, 2.24) is 0 Å². The summed E-state index contributed by atoms with van der Waals surface area (Å²) in [5, 5.41) is 0. The van der Waals surface area contributed by atoms with Crippen molar-refractivity contribution in [2.45, 2.75) is 33.1 Å². The Bertz CT molecular complexity index is 162. The monoisotopic (exact) mass is 154 g/mol. The summed E-state index contributed by atoms with van der Waals surface area (Å²) in [6.45, 7) is 4.00. The lowest BCUT2D eigenvalue weighted by Gasteiger charge is -1.97. The zero-order chi connectivity index (χ0) is 8.53. The molecule has 0 bridgehead atoms. The minimum atomic E-state index is -0.144. The van der Waals surface area contributed by atoms with E-state index in [4.69, 9.17) is 4.74 Å². The van der Waals surface area contributed by atoms with Crippen LogP contribution < -0.4 is 0 Å². The number of esters is 1. The minimum absolute atomic E-state index is 0.144. The van der Waals surface area contributed by atoms with E-state index >= 15 is 0 Å². The highest BCUT2D eigenvalue weighted by molar-refractivity contribution is 5.69. The van der Waals surface area contributed by atoms with E-state index in [0.717, 1.165) is 12.8 Å². The molecular formula is C9H14O2. The average Bonchev–Trinajstić information content (AvgIpc) is 2.01. The van der Waals surface area contributed by atoms with E-state index in [1.807, 2.05) is 6.92 Å². The van der Waals surface area contributed by atoms with Gasteiger partial charge in [-0.1, -0.05) is 19.3 Å². The molecule has 0 amide bonds. The number of unbranched alkanes of at least 4 members (excludes halogenated alkanes) is 1. The Kier molecular flexibility index (Phi) is 6.51. The summed E-state index contributed by atoms with van der Waals surface area (Å²) in [7, 11) is 0. The Morgan fingerprint density at radius 1 is 1.55 bits per heavy atom. The summed E-state index contributed by atoms with van der Waals surface area (Å²) >= 11 is 0. The normalized spacial score (nSPS) is 8.18. The molecule has 62 valence electrons. The standard InChI is InChI=1S/C9H14O2/c1-3-5-7-9(10)11-8-6-4-2/h3,5,7-8H2,1-2H3. The smallest absolute Gasteiger partial charge is 0.306 e. The molecule has 0 rings (SSSR count). The third-order valence-corrected chi connectivity index (χ3v) is 1.22. The molecule has 0 fully saturated rings. The SMILES string of the molecule is CC#CCOC(=O)CCCC. The zero-order valence-electron chi connectivity index (χ0n) is 7.14. The number of hydrogen-bond donors (Lipinski definition) is 0. The third kappa shape index (κ3) is 6.92. The van der Waals surface area contributed by atoms with E-state index in [9.17, 15) is 4.79 Å². The topological polar surface area (TPSA) is 26.3 Å². The predicted octanol–water partition coefficient (Wildman–Crippen LogP) is 1.74. The Morgan fingerprint density at radius 3 is 2.82 bits per heavy atom. The van der Waals surface area contributed by atoms with Gasteiger partial charge in [0.15, 0.2) is 6.61 Å². The van der Waals surface area contributed by atoms with Crippen molar-refractivity contribution in [3.63, 3.8) is 0 Å². The maximum absolute atomic E-state index is 10.8. The highest BCUT2D eigenvalue weighted by Crippen LogP contribution is 1.95. The molecule has 0 aromatic heterocycles. The van der Waals surface area contributed by atoms with E-state index in [2.05, 4.69) is 11.8 Å². The van der Waals surface area contributed by atoms with Crippen LogP contribution in [0.3, 0.4) is 0 Å². The molecule has 0 heterocycles. The summed E-state index contributed by atoms with van der Waals surface area (Å²) in [6.07, 6.45) is 2.44. The highest BCUT2D eigenvalue weighted by atomic mass is 16.5. The Labute approximate surface area is 67.9 Å². The van der Waals surface area contributed by atoms with Gasteiger partial charge in [0.1, 0.15) is 0 Å². The van der Waals surface area contributed by atoms with Crippen LogP contribution in [-0.4, -0.2) is 12.6 Å². The lowest BCUT2D eigenvalue weighted by atomic mass is 10.2. The first kappa shape index (κ1) is 10.0. The molecule has 0 aromatic carbocycles. The number of rotatable bonds is 4. The molecule has 2 heteroatoms. The van der Waals surface area contributed by atoms with Crippen molar-refractivity contribution < 1.29 is 9.53 Å². The molecular weight excluding hydrogens is 140 g/mol. The van der Waals surface area contributed by atoms with E-state index in [1.54, 1.807) is 6.92 Å². The van der Waals surface area contributed by atoms with Crippen LogP contribution >= 0.6 is 0 Å². The Hall–Kier alpha value is -0.970. The van der Waals surface area contributed by atoms with Crippen molar-refractivity contribution in [1.29, 1.82) is 0 Å². The molecule has 0 aromatic rings. The zero-order valence-corrected chi connectivity index (χ0v) is 7.14. The molecule has 0 aliphatic carbocycles. The van der Waals surface area contributed by atoms with Crippen LogP contribution in [0.5, 0.6) is 0 Å². The van der Waals surface area contributed by atoms with Gasteiger partial charge in [0.25, 0.3) is 0 Å². The number of carbonyl (C=O) groups excluding carboxylic acids is 1. The van der Waals surface area contributed by atoms with E-state index in [1.165, 1.54) is 0 Å². The average molecular weight is 154 g/mol. The first-order valence-corrected chi connectivity index (χ1v) is 3.86. The van der Waals surface area contributed by atoms with Crippen molar-refractivity contribution >= 4 is 5.97 Å². The van der Waals surface area contributed by atoms with Crippen molar-refractivity contribution in [2.75, 3.05) is 6.61 Å². The van der Waals surface area contributed by atoms with Crippen molar-refractivity contribution in [3.8, 4) is 11.8 Å². The summed E-state index contributed by atoms with van der Waals surface area (Å²) in [5.74, 6) is 5.17. The third-order valence-electron chi connectivity index (χ3n) is 1.22. The van der Waals surface area contributed by atoms with Gasteiger partial charge in [0, 0.05) is 6.42 Å². The fourth-order valence-electron chi connectivity index (χ4n) is 0.582. The van der Waals surface area contributed by atoms with Crippen LogP contribution in [0.1, 0.15) is 33.1 Å². The van der Waals surface area contributed by atoms with Crippen LogP contribution in [0.15, 0.2) is 0 Å². The van der Waals surface area contributed by atoms with Gasteiger partial charge in [-0.2, -0.15) is 0 Å². The van der Waals surface area contributed by atoms with Gasteiger partial charge < -0.3 is 4.74 Å². The molecule has 11 heavy (non-hydrogen) atoms. The lowest BCUT2D eigenvalue weighted by Crippen LogP contribution is -2.03. The van der Waals surface area contributed by atoms with Gasteiger partial charge in [0.2, 0.25) is 0 Å². The van der Waals surface area contributed by atoms with Crippen LogP contribution in [0, 0.1) is 11.8 Å². The second-order valence-corrected chi connectivity index (χ2v) is 2.19. The van der Waals surface area contributed by atoms with Crippen LogP contribution in [0.4, 0.5) is 0 Å². The largest absolute Gasteiger partial charge is 0.452 e. The molecule has 0 N–H and O–H groups in total. The summed E-state index contributed by atoms with van der Waals surface area (Å²) in [4.78, 5) is 10.8. The highest BCUT2D eigenvalue weighted by Gasteiger charge is 1.98. The number of carbonyl (C=O) groups is 1. The molecule has 0 saturated heterocycles. The van der Waals surface area contributed by atoms with Crippen LogP contribution in [-0.2, 0) is 9.53 Å². The molecule has 0 unspecified atom stereocenters. The van der Waals surface area contributed by atoms with Gasteiger partial charge in [-0.3, -0.25) is 4.79 Å². The fraction of sp³-hybridized carbons (Fsp3) is 0.667. The maximum atomic E-state index is 10.8. The molecule has 0 atom stereocenters. The predicted molar refractivity (Wildman–Crippen MR) is 43.9 cm³/mol. The second kappa shape index (κ2) is 7.14. The molecule has 0 spiro atoms. The first-order chi connectivity index (χ1) is 5.31. The number of hydrogen-bond acceptors (Lipinski definition) is 2. The first-order valence-electron chi connectivity index (χ1n) is 3.86. The van der Waals surface area contributed by atoms with Gasteiger partial charge in [-0.15, -0.1) is 5.92 Å². The lowest BCUT2D eigenvalue weighted by molar-refractivity contribution is -0.142. The van der Waals surface area contributed by atoms with E-state index < -0.39 is 0 Å². The van der Waals surface area contributed by atoms with Crippen LogP contribution in [0.2, 0.25) is 0 Å². The summed E-state index contributed by atoms with van der Waals surface area (Å²) < 4.78 is 4.77. The quantitative estimate of drug-likeness (QED) is 0.455.